The van der Waals surface area contributed by atoms with Crippen LogP contribution in [0.25, 0.3) is 11.4 Å². The van der Waals surface area contributed by atoms with Crippen molar-refractivity contribution in [3.63, 3.8) is 0 Å². The van der Waals surface area contributed by atoms with Crippen molar-refractivity contribution < 1.29 is 0 Å². The van der Waals surface area contributed by atoms with E-state index in [1.54, 1.807) is 24.3 Å². The van der Waals surface area contributed by atoms with E-state index in [2.05, 4.69) is 15.0 Å². The summed E-state index contributed by atoms with van der Waals surface area (Å²) in [6, 6.07) is 6.86. The van der Waals surface area contributed by atoms with Crippen molar-refractivity contribution in [2.45, 2.75) is 7.59 Å². The highest BCUT2D eigenvalue weighted by atomic mass is 35.6. The van der Waals surface area contributed by atoms with Crippen molar-refractivity contribution in [1.29, 1.82) is 0 Å². The van der Waals surface area contributed by atoms with Gasteiger partial charge in [0, 0.05) is 11.3 Å². The number of hydrogen-bond donors (Lipinski definition) is 1. The number of alkyl halides is 6. The quantitative estimate of drug-likeness (QED) is 0.547. The Labute approximate surface area is 150 Å². The van der Waals surface area contributed by atoms with Crippen molar-refractivity contribution in [1.82, 2.24) is 15.0 Å². The van der Waals surface area contributed by atoms with E-state index >= 15 is 0 Å². The molecule has 0 unspecified atom stereocenters. The van der Waals surface area contributed by atoms with Gasteiger partial charge in [-0.3, -0.25) is 0 Å². The molecule has 0 saturated carbocycles. The van der Waals surface area contributed by atoms with Crippen molar-refractivity contribution in [2.75, 3.05) is 5.73 Å². The first-order valence-electron chi connectivity index (χ1n) is 5.34. The fourth-order valence-corrected chi connectivity index (χ4v) is 1.96. The van der Waals surface area contributed by atoms with Gasteiger partial charge in [-0.05, 0) is 12.1 Å². The molecule has 4 nitrogen and oxygen atoms in total. The SMILES string of the molecule is Nc1ccccc1-c1nc(C(Cl)(Cl)Cl)nc(C(Cl)(Cl)Cl)n1. The summed E-state index contributed by atoms with van der Waals surface area (Å²) >= 11 is 34.8. The van der Waals surface area contributed by atoms with Gasteiger partial charge in [0.25, 0.3) is 0 Å². The molecule has 1 aromatic heterocycles. The number of halogens is 6. The van der Waals surface area contributed by atoms with Gasteiger partial charge >= 0.3 is 0 Å². The Balaban J connectivity index is 2.70. The van der Waals surface area contributed by atoms with Gasteiger partial charge in [0.2, 0.25) is 7.59 Å². The Kier molecular flexibility index (Phi) is 4.98. The number of benzene rings is 1. The Hall–Kier alpha value is -0.230. The Bertz CT molecular complexity index is 632. The average molecular weight is 407 g/mol. The van der Waals surface area contributed by atoms with Crippen molar-refractivity contribution in [3.05, 3.63) is 35.9 Å². The molecule has 0 atom stereocenters. The second-order valence-corrected chi connectivity index (χ2v) is 8.45. The van der Waals surface area contributed by atoms with E-state index in [-0.39, 0.29) is 17.5 Å². The molecule has 0 aliphatic rings. The molecular weight excluding hydrogens is 401 g/mol. The first kappa shape index (κ1) is 17.1. The fourth-order valence-electron chi connectivity index (χ4n) is 1.45. The summed E-state index contributed by atoms with van der Waals surface area (Å²) in [5.41, 5.74) is 6.80. The Morgan fingerprint density at radius 1 is 0.762 bits per heavy atom. The highest BCUT2D eigenvalue weighted by molar-refractivity contribution is 6.67. The van der Waals surface area contributed by atoms with E-state index in [1.807, 2.05) is 0 Å². The maximum Gasteiger partial charge on any atom is 0.250 e. The minimum Gasteiger partial charge on any atom is -0.398 e. The highest BCUT2D eigenvalue weighted by Crippen LogP contribution is 2.41. The lowest BCUT2D eigenvalue weighted by Gasteiger charge is -2.16. The van der Waals surface area contributed by atoms with Crippen LogP contribution in [0.4, 0.5) is 5.69 Å². The topological polar surface area (TPSA) is 64.7 Å². The van der Waals surface area contributed by atoms with E-state index in [0.29, 0.717) is 11.3 Å². The van der Waals surface area contributed by atoms with Crippen LogP contribution in [0.1, 0.15) is 11.6 Å². The number of para-hydroxylation sites is 1. The largest absolute Gasteiger partial charge is 0.398 e. The fraction of sp³-hybridized carbons (Fsp3) is 0.182. The summed E-state index contributed by atoms with van der Waals surface area (Å²) < 4.78 is -3.79. The third-order valence-corrected chi connectivity index (χ3v) is 3.36. The molecule has 0 saturated heterocycles. The molecule has 0 amide bonds. The van der Waals surface area contributed by atoms with Gasteiger partial charge in [0.05, 0.1) is 0 Å². The Morgan fingerprint density at radius 3 is 1.67 bits per heavy atom. The summed E-state index contributed by atoms with van der Waals surface area (Å²) in [7, 11) is 0. The molecule has 10 heteroatoms. The van der Waals surface area contributed by atoms with Crippen LogP contribution in [0.15, 0.2) is 24.3 Å². The zero-order chi connectivity index (χ0) is 15.8. The van der Waals surface area contributed by atoms with E-state index in [0.717, 1.165) is 0 Å². The molecule has 0 spiro atoms. The number of nitrogens with zero attached hydrogens (tertiary/aromatic N) is 3. The second-order valence-electron chi connectivity index (χ2n) is 3.89. The number of hydrogen-bond acceptors (Lipinski definition) is 4. The predicted octanol–water partition coefficient (Wildman–Crippen LogP) is 4.77. The maximum atomic E-state index is 5.87. The van der Waals surface area contributed by atoms with Gasteiger partial charge in [-0.1, -0.05) is 81.7 Å². The molecule has 112 valence electrons. The van der Waals surface area contributed by atoms with Crippen LogP contribution in [-0.4, -0.2) is 15.0 Å². The van der Waals surface area contributed by atoms with Crippen LogP contribution >= 0.6 is 69.6 Å². The second kappa shape index (κ2) is 6.11. The van der Waals surface area contributed by atoms with Crippen LogP contribution in [-0.2, 0) is 7.59 Å². The number of rotatable bonds is 1. The van der Waals surface area contributed by atoms with E-state index in [1.165, 1.54) is 0 Å². The Morgan fingerprint density at radius 2 is 1.24 bits per heavy atom. The lowest BCUT2D eigenvalue weighted by molar-refractivity contribution is 0.851. The molecule has 0 fully saturated rings. The molecule has 2 aromatic rings. The van der Waals surface area contributed by atoms with Crippen LogP contribution < -0.4 is 5.73 Å². The van der Waals surface area contributed by atoms with Gasteiger partial charge in [-0.15, -0.1) is 0 Å². The molecule has 2 N–H and O–H groups in total. The monoisotopic (exact) mass is 404 g/mol. The summed E-state index contributed by atoms with van der Waals surface area (Å²) in [6.45, 7) is 0. The zero-order valence-corrected chi connectivity index (χ0v) is 14.5. The molecule has 1 aromatic carbocycles. The summed E-state index contributed by atoms with van der Waals surface area (Å²) in [5.74, 6) is -0.185. The number of anilines is 1. The molecule has 0 aliphatic heterocycles. The minimum atomic E-state index is -1.90. The summed E-state index contributed by atoms with van der Waals surface area (Å²) in [5, 5.41) is 0. The van der Waals surface area contributed by atoms with Crippen molar-refractivity contribution in [3.8, 4) is 11.4 Å². The van der Waals surface area contributed by atoms with Crippen LogP contribution in [0.2, 0.25) is 0 Å². The predicted molar refractivity (Wildman–Crippen MR) is 88.1 cm³/mol. The van der Waals surface area contributed by atoms with E-state index < -0.39 is 7.59 Å². The molecule has 0 aliphatic carbocycles. The third-order valence-electron chi connectivity index (χ3n) is 2.34. The lowest BCUT2D eigenvalue weighted by Crippen LogP contribution is -2.17. The smallest absolute Gasteiger partial charge is 0.250 e. The molecule has 2 rings (SSSR count). The molecule has 1 heterocycles. The van der Waals surface area contributed by atoms with Gasteiger partial charge in [-0.25, -0.2) is 15.0 Å². The normalized spacial score (nSPS) is 12.5. The van der Waals surface area contributed by atoms with Gasteiger partial charge in [0.1, 0.15) is 0 Å². The van der Waals surface area contributed by atoms with Gasteiger partial charge in [0.15, 0.2) is 17.5 Å². The molecular formula is C11H6Cl6N4. The molecule has 0 bridgehead atoms. The standard InChI is InChI=1S/C11H6Cl6N4/c12-10(13,14)8-19-7(5-3-1-2-4-6(5)18)20-9(21-8)11(15,16)17/h1-4H,18H2. The van der Waals surface area contributed by atoms with Crippen LogP contribution in [0.5, 0.6) is 0 Å². The van der Waals surface area contributed by atoms with E-state index in [4.69, 9.17) is 75.3 Å². The van der Waals surface area contributed by atoms with Crippen LogP contribution in [0, 0.1) is 0 Å². The number of nitrogen functional groups attached to an aromatic ring is 1. The summed E-state index contributed by atoms with van der Waals surface area (Å²) in [6.07, 6.45) is 0. The summed E-state index contributed by atoms with van der Waals surface area (Å²) in [4.78, 5) is 12.0. The third kappa shape index (κ3) is 4.15. The number of aromatic nitrogens is 3. The minimum absolute atomic E-state index is 0.144. The zero-order valence-electron chi connectivity index (χ0n) is 10.00. The number of nitrogens with two attached hydrogens (primary N) is 1. The van der Waals surface area contributed by atoms with Gasteiger partial charge < -0.3 is 5.73 Å². The van der Waals surface area contributed by atoms with Gasteiger partial charge in [-0.2, -0.15) is 0 Å². The lowest BCUT2D eigenvalue weighted by atomic mass is 10.1. The first-order valence-corrected chi connectivity index (χ1v) is 7.61. The van der Waals surface area contributed by atoms with E-state index in [9.17, 15) is 0 Å². The maximum absolute atomic E-state index is 5.87. The molecule has 21 heavy (non-hydrogen) atoms. The average Bonchev–Trinajstić information content (AvgIpc) is 2.36. The molecule has 0 radical (unpaired) electrons. The van der Waals surface area contributed by atoms with Crippen molar-refractivity contribution >= 4 is 75.3 Å². The van der Waals surface area contributed by atoms with Crippen LogP contribution in [0.3, 0.4) is 0 Å². The van der Waals surface area contributed by atoms with Crippen molar-refractivity contribution in [2.24, 2.45) is 0 Å². The first-order chi connectivity index (χ1) is 9.59. The highest BCUT2D eigenvalue weighted by Gasteiger charge is 2.34.